The molecule has 1 aliphatic carbocycles. The van der Waals surface area contributed by atoms with E-state index in [9.17, 15) is 0 Å². The SMILES string of the molecule is CCC(C)(c1ccc2c(c1)C(C)(C)c1cc([C@](C)(CC)N(c3ccc(C)cc3)c3ccc(C)cc3)ccc1-2)N(c1ccc(C)cc1)c1ccc(C)cc1. The van der Waals surface area contributed by atoms with E-state index >= 15 is 0 Å². The molecule has 0 radical (unpaired) electrons. The van der Waals surface area contributed by atoms with E-state index in [1.807, 2.05) is 0 Å². The van der Waals surface area contributed by atoms with Gasteiger partial charge in [0.2, 0.25) is 0 Å². The summed E-state index contributed by atoms with van der Waals surface area (Å²) in [5.41, 5.74) is 17.4. The second-order valence-corrected chi connectivity index (χ2v) is 16.4. The van der Waals surface area contributed by atoms with Gasteiger partial charge in [0.15, 0.2) is 0 Å². The molecule has 7 rings (SSSR count). The van der Waals surface area contributed by atoms with Crippen LogP contribution >= 0.6 is 0 Å². The van der Waals surface area contributed by atoms with Crippen molar-refractivity contribution >= 4 is 22.7 Å². The maximum absolute atomic E-state index is 2.55. The summed E-state index contributed by atoms with van der Waals surface area (Å²) in [6.07, 6.45) is 1.90. The van der Waals surface area contributed by atoms with Gasteiger partial charge in [0.1, 0.15) is 0 Å². The largest absolute Gasteiger partial charge is 0.331 e. The van der Waals surface area contributed by atoms with Gasteiger partial charge in [0.25, 0.3) is 0 Å². The Balaban J connectivity index is 1.33. The van der Waals surface area contributed by atoms with Crippen molar-refractivity contribution in [2.75, 3.05) is 9.80 Å². The molecule has 0 saturated heterocycles. The van der Waals surface area contributed by atoms with Crippen LogP contribution in [-0.4, -0.2) is 0 Å². The fraction of sp³-hybridized carbons (Fsp3) is 0.294. The Kier molecular flexibility index (Phi) is 9.39. The monoisotopic (exact) mass is 696 g/mol. The summed E-state index contributed by atoms with van der Waals surface area (Å²) in [6.45, 7) is 23.0. The molecule has 270 valence electrons. The van der Waals surface area contributed by atoms with Crippen molar-refractivity contribution in [3.63, 3.8) is 0 Å². The molecule has 0 aromatic heterocycles. The second kappa shape index (κ2) is 13.7. The molecule has 0 spiro atoms. The predicted octanol–water partition coefficient (Wildman–Crippen LogP) is 14.2. The second-order valence-electron chi connectivity index (χ2n) is 16.4. The quantitative estimate of drug-likeness (QED) is 0.141. The fourth-order valence-electron chi connectivity index (χ4n) is 8.60. The van der Waals surface area contributed by atoms with Gasteiger partial charge in [0.05, 0.1) is 11.1 Å². The number of aryl methyl sites for hydroxylation is 4. The molecule has 0 fully saturated rings. The van der Waals surface area contributed by atoms with Crippen LogP contribution < -0.4 is 9.80 Å². The van der Waals surface area contributed by atoms with E-state index in [0.29, 0.717) is 0 Å². The Hall–Kier alpha value is -5.08. The third kappa shape index (κ3) is 6.27. The molecule has 6 aromatic rings. The maximum Gasteiger partial charge on any atom is 0.0671 e. The van der Waals surface area contributed by atoms with Crippen molar-refractivity contribution < 1.29 is 0 Å². The molecule has 0 heterocycles. The van der Waals surface area contributed by atoms with Crippen molar-refractivity contribution in [1.29, 1.82) is 0 Å². The minimum atomic E-state index is -0.279. The van der Waals surface area contributed by atoms with E-state index in [0.717, 1.165) is 12.8 Å². The summed E-state index contributed by atoms with van der Waals surface area (Å²) >= 11 is 0. The number of nitrogens with zero attached hydrogens (tertiary/aromatic N) is 2. The van der Waals surface area contributed by atoms with Crippen LogP contribution in [0.3, 0.4) is 0 Å². The normalized spacial score (nSPS) is 15.2. The summed E-state index contributed by atoms with van der Waals surface area (Å²) in [4.78, 5) is 5.11. The Morgan fingerprint density at radius 1 is 0.415 bits per heavy atom. The van der Waals surface area contributed by atoms with Crippen LogP contribution in [0.2, 0.25) is 0 Å². The molecule has 2 nitrogen and oxygen atoms in total. The highest BCUT2D eigenvalue weighted by Crippen LogP contribution is 2.53. The minimum absolute atomic E-state index is 0.170. The Morgan fingerprint density at radius 3 is 0.925 bits per heavy atom. The molecule has 0 amide bonds. The van der Waals surface area contributed by atoms with E-state index < -0.39 is 0 Å². The van der Waals surface area contributed by atoms with Crippen molar-refractivity contribution in [1.82, 2.24) is 0 Å². The van der Waals surface area contributed by atoms with Gasteiger partial charge in [-0.25, -0.2) is 0 Å². The number of fused-ring (bicyclic) bond motifs is 3. The van der Waals surface area contributed by atoms with E-state index in [4.69, 9.17) is 0 Å². The van der Waals surface area contributed by atoms with Gasteiger partial charge in [-0.3, -0.25) is 0 Å². The predicted molar refractivity (Wildman–Crippen MR) is 228 cm³/mol. The zero-order valence-electron chi connectivity index (χ0n) is 33.5. The van der Waals surface area contributed by atoms with Gasteiger partial charge in [0, 0.05) is 28.2 Å². The number of hydrogen-bond donors (Lipinski definition) is 0. The summed E-state index contributed by atoms with van der Waals surface area (Å²) in [5.74, 6) is 0. The lowest BCUT2D eigenvalue weighted by Gasteiger charge is -2.44. The molecule has 0 saturated carbocycles. The third-order valence-corrected chi connectivity index (χ3v) is 12.5. The number of benzene rings is 6. The van der Waals surface area contributed by atoms with Gasteiger partial charge >= 0.3 is 0 Å². The molecular weight excluding hydrogens is 641 g/mol. The summed E-state index contributed by atoms with van der Waals surface area (Å²) in [7, 11) is 0. The van der Waals surface area contributed by atoms with Crippen molar-refractivity contribution in [2.45, 2.75) is 98.6 Å². The van der Waals surface area contributed by atoms with Crippen LogP contribution in [0.25, 0.3) is 11.1 Å². The van der Waals surface area contributed by atoms with Gasteiger partial charge in [-0.1, -0.05) is 135 Å². The molecule has 6 aromatic carbocycles. The van der Waals surface area contributed by atoms with E-state index in [1.165, 1.54) is 78.4 Å². The van der Waals surface area contributed by atoms with Crippen molar-refractivity contribution in [3.8, 4) is 11.1 Å². The van der Waals surface area contributed by atoms with E-state index in [-0.39, 0.29) is 16.5 Å². The molecule has 0 aliphatic heterocycles. The van der Waals surface area contributed by atoms with E-state index in [1.54, 1.807) is 0 Å². The Morgan fingerprint density at radius 2 is 0.679 bits per heavy atom. The molecule has 1 unspecified atom stereocenters. The van der Waals surface area contributed by atoms with Gasteiger partial charge in [-0.2, -0.15) is 0 Å². The van der Waals surface area contributed by atoms with Crippen LogP contribution in [0.1, 0.15) is 98.9 Å². The molecule has 53 heavy (non-hydrogen) atoms. The zero-order chi connectivity index (χ0) is 37.7. The van der Waals surface area contributed by atoms with Crippen LogP contribution in [0.4, 0.5) is 22.7 Å². The van der Waals surface area contributed by atoms with Gasteiger partial charge in [-0.05, 0) is 136 Å². The van der Waals surface area contributed by atoms with Crippen LogP contribution in [0.15, 0.2) is 133 Å². The van der Waals surface area contributed by atoms with Gasteiger partial charge in [-0.15, -0.1) is 0 Å². The number of rotatable bonds is 10. The van der Waals surface area contributed by atoms with Gasteiger partial charge < -0.3 is 9.80 Å². The number of anilines is 4. The van der Waals surface area contributed by atoms with Crippen LogP contribution in [0.5, 0.6) is 0 Å². The van der Waals surface area contributed by atoms with Crippen LogP contribution in [0, 0.1) is 27.7 Å². The highest BCUT2D eigenvalue weighted by molar-refractivity contribution is 5.82. The third-order valence-electron chi connectivity index (χ3n) is 12.5. The molecular formula is C51H56N2. The van der Waals surface area contributed by atoms with Crippen molar-refractivity contribution in [2.24, 2.45) is 0 Å². The van der Waals surface area contributed by atoms with Crippen LogP contribution in [-0.2, 0) is 16.5 Å². The average Bonchev–Trinajstić information content (AvgIpc) is 3.39. The Labute approximate surface area is 319 Å². The van der Waals surface area contributed by atoms with E-state index in [2.05, 4.69) is 212 Å². The highest BCUT2D eigenvalue weighted by Gasteiger charge is 2.41. The maximum atomic E-state index is 2.55. The average molecular weight is 697 g/mol. The molecule has 0 bridgehead atoms. The summed E-state index contributed by atoms with van der Waals surface area (Å²) in [6, 6.07) is 50.7. The molecule has 0 N–H and O–H groups in total. The lowest BCUT2D eigenvalue weighted by atomic mass is 9.77. The molecule has 2 heteroatoms. The first-order valence-corrected chi connectivity index (χ1v) is 19.5. The first-order valence-electron chi connectivity index (χ1n) is 19.5. The molecule has 2 atom stereocenters. The summed E-state index contributed by atoms with van der Waals surface area (Å²) < 4.78 is 0. The topological polar surface area (TPSA) is 6.48 Å². The summed E-state index contributed by atoms with van der Waals surface area (Å²) in [5, 5.41) is 0. The minimum Gasteiger partial charge on any atom is -0.331 e. The van der Waals surface area contributed by atoms with Crippen molar-refractivity contribution in [3.05, 3.63) is 178 Å². The zero-order valence-corrected chi connectivity index (χ0v) is 33.5. The fourth-order valence-corrected chi connectivity index (χ4v) is 8.60. The lowest BCUT2D eigenvalue weighted by Crippen LogP contribution is -2.41. The Bertz CT molecular complexity index is 1970. The smallest absolute Gasteiger partial charge is 0.0671 e. The molecule has 1 aliphatic rings. The first-order chi connectivity index (χ1) is 25.3. The standard InChI is InChI=1S/C51H56N2/c1-11-50(9,52(41-23-13-35(3)14-24-41)42-25-15-36(4)16-26-42)39-21-31-45-46-32-22-40(34-48(46)49(7,8)47(45)33-39)51(10,12-2)53(43-27-17-37(5)18-28-43)44-29-19-38(6)20-30-44/h13-34H,11-12H2,1-10H3/t50-,51?/m0/s1. The lowest BCUT2D eigenvalue weighted by molar-refractivity contribution is 0.461. The number of hydrogen-bond acceptors (Lipinski definition) is 2. The highest BCUT2D eigenvalue weighted by atomic mass is 15.2. The first kappa shape index (κ1) is 36.3.